The Labute approximate surface area is 119 Å². The van der Waals surface area contributed by atoms with Crippen molar-refractivity contribution >= 4 is 11.7 Å². The van der Waals surface area contributed by atoms with Gasteiger partial charge < -0.3 is 15.2 Å². The van der Waals surface area contributed by atoms with Gasteiger partial charge in [-0.25, -0.2) is 4.79 Å². The molecule has 1 unspecified atom stereocenters. The summed E-state index contributed by atoms with van der Waals surface area (Å²) < 4.78 is 43.5. The number of benzene rings is 1. The number of nitrogens with one attached hydrogen (secondary N) is 1. The topological polar surface area (TPSA) is 58.6 Å². The Balaban J connectivity index is 2.03. The maximum Gasteiger partial charge on any atom is 0.417 e. The fourth-order valence-electron chi connectivity index (χ4n) is 2.33. The van der Waals surface area contributed by atoms with Gasteiger partial charge in [-0.2, -0.15) is 13.2 Å². The second kappa shape index (κ2) is 6.34. The molecule has 0 amide bonds. The predicted molar refractivity (Wildman–Crippen MR) is 70.5 cm³/mol. The number of hydrogen-bond donors (Lipinski definition) is 2. The molecule has 0 aromatic heterocycles. The van der Waals surface area contributed by atoms with Crippen LogP contribution in [0.1, 0.15) is 35.2 Å². The number of hydrogen-bond acceptors (Lipinski definition) is 3. The largest absolute Gasteiger partial charge is 0.478 e. The maximum atomic E-state index is 12.7. The highest BCUT2D eigenvalue weighted by molar-refractivity contribution is 5.91. The molecule has 0 bridgehead atoms. The van der Waals surface area contributed by atoms with E-state index in [-0.39, 0.29) is 6.10 Å². The SMILES string of the molecule is O=C(O)c1cc(NCCC2CCCO2)ccc1C(F)(F)F. The van der Waals surface area contributed by atoms with Gasteiger partial charge in [-0.3, -0.25) is 0 Å². The zero-order chi connectivity index (χ0) is 15.5. The van der Waals surface area contributed by atoms with Crippen molar-refractivity contribution in [3.05, 3.63) is 29.3 Å². The molecule has 1 atom stereocenters. The van der Waals surface area contributed by atoms with Crippen molar-refractivity contribution in [3.8, 4) is 0 Å². The molecule has 1 aromatic carbocycles. The van der Waals surface area contributed by atoms with E-state index in [0.717, 1.165) is 38.0 Å². The molecule has 2 N–H and O–H groups in total. The third-order valence-electron chi connectivity index (χ3n) is 3.37. The van der Waals surface area contributed by atoms with Crippen LogP contribution in [0.4, 0.5) is 18.9 Å². The second-order valence-corrected chi connectivity index (χ2v) is 4.91. The molecule has 1 aliphatic rings. The smallest absolute Gasteiger partial charge is 0.417 e. The van der Waals surface area contributed by atoms with Crippen LogP contribution < -0.4 is 5.32 Å². The minimum atomic E-state index is -4.68. The van der Waals surface area contributed by atoms with Gasteiger partial charge in [-0.15, -0.1) is 0 Å². The first kappa shape index (κ1) is 15.6. The summed E-state index contributed by atoms with van der Waals surface area (Å²) in [7, 11) is 0. The van der Waals surface area contributed by atoms with Crippen molar-refractivity contribution in [2.75, 3.05) is 18.5 Å². The van der Waals surface area contributed by atoms with Crippen molar-refractivity contribution in [2.45, 2.75) is 31.5 Å². The molecule has 0 spiro atoms. The van der Waals surface area contributed by atoms with Crippen LogP contribution >= 0.6 is 0 Å². The van der Waals surface area contributed by atoms with E-state index in [9.17, 15) is 18.0 Å². The Kier molecular flexibility index (Phi) is 4.72. The van der Waals surface area contributed by atoms with E-state index in [0.29, 0.717) is 12.2 Å². The van der Waals surface area contributed by atoms with Crippen LogP contribution in [0.25, 0.3) is 0 Å². The summed E-state index contributed by atoms with van der Waals surface area (Å²) in [6.07, 6.45) is -1.76. The quantitative estimate of drug-likeness (QED) is 0.875. The lowest BCUT2D eigenvalue weighted by Crippen LogP contribution is -2.15. The van der Waals surface area contributed by atoms with Crippen molar-refractivity contribution in [2.24, 2.45) is 0 Å². The van der Waals surface area contributed by atoms with Crippen molar-refractivity contribution < 1.29 is 27.8 Å². The Hall–Kier alpha value is -1.76. The maximum absolute atomic E-state index is 12.7. The number of halogens is 3. The summed E-state index contributed by atoms with van der Waals surface area (Å²) in [6.45, 7) is 1.27. The molecule has 1 aliphatic heterocycles. The van der Waals surface area contributed by atoms with Gasteiger partial charge in [-0.05, 0) is 37.5 Å². The monoisotopic (exact) mass is 303 g/mol. The number of alkyl halides is 3. The summed E-state index contributed by atoms with van der Waals surface area (Å²) in [5.74, 6) is -1.59. The predicted octanol–water partition coefficient (Wildman–Crippen LogP) is 3.38. The summed E-state index contributed by atoms with van der Waals surface area (Å²) in [5, 5.41) is 11.8. The molecule has 116 valence electrons. The van der Waals surface area contributed by atoms with Gasteiger partial charge in [0.25, 0.3) is 0 Å². The van der Waals surface area contributed by atoms with Gasteiger partial charge in [0.2, 0.25) is 0 Å². The van der Waals surface area contributed by atoms with Crippen LogP contribution in [0.3, 0.4) is 0 Å². The number of rotatable bonds is 5. The summed E-state index contributed by atoms with van der Waals surface area (Å²) in [5.41, 5.74) is -1.53. The third kappa shape index (κ3) is 4.10. The van der Waals surface area contributed by atoms with Crippen molar-refractivity contribution in [1.82, 2.24) is 0 Å². The lowest BCUT2D eigenvalue weighted by molar-refractivity contribution is -0.138. The van der Waals surface area contributed by atoms with Gasteiger partial charge in [0.1, 0.15) is 0 Å². The minimum absolute atomic E-state index is 0.172. The molecule has 1 heterocycles. The highest BCUT2D eigenvalue weighted by atomic mass is 19.4. The Morgan fingerprint density at radius 1 is 1.43 bits per heavy atom. The zero-order valence-electron chi connectivity index (χ0n) is 11.2. The lowest BCUT2D eigenvalue weighted by atomic mass is 10.1. The molecule has 21 heavy (non-hydrogen) atoms. The molecule has 7 heteroatoms. The van der Waals surface area contributed by atoms with Gasteiger partial charge in [0.15, 0.2) is 0 Å². The van der Waals surface area contributed by atoms with E-state index < -0.39 is 23.3 Å². The Bertz CT molecular complexity index is 511. The standard InChI is InChI=1S/C14H16F3NO3/c15-14(16,17)12-4-3-9(8-11(12)13(19)20)18-6-5-10-2-1-7-21-10/h3-4,8,10,18H,1-2,5-7H2,(H,19,20). The zero-order valence-corrected chi connectivity index (χ0v) is 11.2. The lowest BCUT2D eigenvalue weighted by Gasteiger charge is -2.14. The van der Waals surface area contributed by atoms with Crippen molar-refractivity contribution in [1.29, 1.82) is 0 Å². The molecular weight excluding hydrogens is 287 g/mol. The van der Waals surface area contributed by atoms with E-state index in [1.807, 2.05) is 0 Å². The van der Waals surface area contributed by atoms with Gasteiger partial charge in [0.05, 0.1) is 17.2 Å². The van der Waals surface area contributed by atoms with Crippen molar-refractivity contribution in [3.63, 3.8) is 0 Å². The first-order valence-corrected chi connectivity index (χ1v) is 6.68. The highest BCUT2D eigenvalue weighted by Crippen LogP contribution is 2.33. The van der Waals surface area contributed by atoms with Gasteiger partial charge >= 0.3 is 12.1 Å². The first-order chi connectivity index (χ1) is 9.88. The van der Waals surface area contributed by atoms with E-state index in [4.69, 9.17) is 9.84 Å². The number of carbonyl (C=O) groups is 1. The summed E-state index contributed by atoms with van der Waals surface area (Å²) in [4.78, 5) is 11.0. The van der Waals surface area contributed by atoms with Crippen LogP contribution in [0, 0.1) is 0 Å². The molecule has 0 aliphatic carbocycles. The van der Waals surface area contributed by atoms with Crippen LogP contribution in [0.15, 0.2) is 18.2 Å². The third-order valence-corrected chi connectivity index (χ3v) is 3.37. The van der Waals surface area contributed by atoms with E-state index in [1.165, 1.54) is 6.07 Å². The van der Waals surface area contributed by atoms with Crippen LogP contribution in [-0.4, -0.2) is 30.3 Å². The van der Waals surface area contributed by atoms with E-state index in [2.05, 4.69) is 5.32 Å². The van der Waals surface area contributed by atoms with E-state index in [1.54, 1.807) is 0 Å². The second-order valence-electron chi connectivity index (χ2n) is 4.91. The fourth-order valence-corrected chi connectivity index (χ4v) is 2.33. The fraction of sp³-hybridized carbons (Fsp3) is 0.500. The average molecular weight is 303 g/mol. The van der Waals surface area contributed by atoms with Gasteiger partial charge in [0, 0.05) is 18.8 Å². The van der Waals surface area contributed by atoms with Gasteiger partial charge in [-0.1, -0.05) is 0 Å². The highest BCUT2D eigenvalue weighted by Gasteiger charge is 2.35. The average Bonchev–Trinajstić information content (AvgIpc) is 2.90. The number of ether oxygens (including phenoxy) is 1. The molecule has 0 radical (unpaired) electrons. The number of carboxylic acid groups (broad SMARTS) is 1. The Morgan fingerprint density at radius 3 is 2.76 bits per heavy atom. The van der Waals surface area contributed by atoms with Crippen LogP contribution in [-0.2, 0) is 10.9 Å². The van der Waals surface area contributed by atoms with Crippen LogP contribution in [0.2, 0.25) is 0 Å². The molecule has 2 rings (SSSR count). The van der Waals surface area contributed by atoms with E-state index >= 15 is 0 Å². The van der Waals surface area contributed by atoms with Crippen LogP contribution in [0.5, 0.6) is 0 Å². The molecule has 1 saturated heterocycles. The first-order valence-electron chi connectivity index (χ1n) is 6.68. The molecule has 1 fully saturated rings. The normalized spacial score (nSPS) is 18.7. The molecular formula is C14H16F3NO3. The summed E-state index contributed by atoms with van der Waals surface area (Å²) in [6, 6.07) is 3.04. The number of anilines is 1. The molecule has 0 saturated carbocycles. The minimum Gasteiger partial charge on any atom is -0.478 e. The molecule has 4 nitrogen and oxygen atoms in total. The molecule has 1 aromatic rings. The summed E-state index contributed by atoms with van der Waals surface area (Å²) >= 11 is 0. The Morgan fingerprint density at radius 2 is 2.19 bits per heavy atom. The number of carboxylic acids is 1. The number of aromatic carboxylic acids is 1.